The van der Waals surface area contributed by atoms with Crippen molar-refractivity contribution in [3.8, 4) is 6.07 Å². The molecule has 1 heterocycles. The van der Waals surface area contributed by atoms with E-state index in [-0.39, 0.29) is 16.9 Å². The first-order valence-electron chi connectivity index (χ1n) is 7.12. The van der Waals surface area contributed by atoms with Crippen LogP contribution in [0.25, 0.3) is 0 Å². The number of nitrogens with zero attached hydrogens (tertiary/aromatic N) is 2. The van der Waals surface area contributed by atoms with Gasteiger partial charge in [-0.15, -0.1) is 0 Å². The molecule has 0 aromatic heterocycles. The molecule has 1 aliphatic heterocycles. The average Bonchev–Trinajstić information content (AvgIpc) is 2.46. The zero-order valence-electron chi connectivity index (χ0n) is 12.4. The molecule has 0 unspecified atom stereocenters. The Labute approximate surface area is 126 Å². The summed E-state index contributed by atoms with van der Waals surface area (Å²) in [4.78, 5) is 0.284. The SMILES string of the molecule is Cc1cc(C#N)ccc1S(=O)(=O)N1CCC[C@@H]([C@@H](C)N)C1. The van der Waals surface area contributed by atoms with Gasteiger partial charge in [-0.05, 0) is 56.4 Å². The van der Waals surface area contributed by atoms with Crippen molar-refractivity contribution in [1.29, 1.82) is 5.26 Å². The molecule has 0 saturated carbocycles. The third-order valence-electron chi connectivity index (χ3n) is 4.09. The molecule has 2 rings (SSSR count). The highest BCUT2D eigenvalue weighted by atomic mass is 32.2. The average molecular weight is 307 g/mol. The maximum absolute atomic E-state index is 12.8. The molecular weight excluding hydrogens is 286 g/mol. The lowest BCUT2D eigenvalue weighted by molar-refractivity contribution is 0.243. The van der Waals surface area contributed by atoms with Crippen molar-refractivity contribution in [1.82, 2.24) is 4.31 Å². The molecule has 0 amide bonds. The van der Waals surface area contributed by atoms with Crippen molar-refractivity contribution in [2.75, 3.05) is 13.1 Å². The minimum atomic E-state index is -3.52. The summed E-state index contributed by atoms with van der Waals surface area (Å²) in [5.74, 6) is 0.201. The topological polar surface area (TPSA) is 87.2 Å². The molecule has 114 valence electrons. The summed E-state index contributed by atoms with van der Waals surface area (Å²) in [6, 6.07) is 6.70. The molecule has 21 heavy (non-hydrogen) atoms. The van der Waals surface area contributed by atoms with Crippen LogP contribution in [0.4, 0.5) is 0 Å². The van der Waals surface area contributed by atoms with Gasteiger partial charge in [0.15, 0.2) is 0 Å². The van der Waals surface area contributed by atoms with Gasteiger partial charge in [-0.3, -0.25) is 0 Å². The highest BCUT2D eigenvalue weighted by molar-refractivity contribution is 7.89. The summed E-state index contributed by atoms with van der Waals surface area (Å²) in [6.45, 7) is 4.65. The number of hydrogen-bond donors (Lipinski definition) is 1. The molecule has 1 aromatic rings. The van der Waals surface area contributed by atoms with E-state index in [4.69, 9.17) is 11.0 Å². The number of benzene rings is 1. The lowest BCUT2D eigenvalue weighted by Crippen LogP contribution is -2.45. The first-order valence-corrected chi connectivity index (χ1v) is 8.56. The second kappa shape index (κ2) is 6.14. The van der Waals surface area contributed by atoms with Crippen molar-refractivity contribution >= 4 is 10.0 Å². The highest BCUT2D eigenvalue weighted by Gasteiger charge is 2.32. The first-order chi connectivity index (χ1) is 9.86. The molecule has 1 fully saturated rings. The maximum atomic E-state index is 12.8. The van der Waals surface area contributed by atoms with E-state index >= 15 is 0 Å². The Morgan fingerprint density at radius 3 is 2.76 bits per heavy atom. The third-order valence-corrected chi connectivity index (χ3v) is 6.11. The second-order valence-corrected chi connectivity index (χ2v) is 7.62. The van der Waals surface area contributed by atoms with Gasteiger partial charge in [0.05, 0.1) is 16.5 Å². The number of nitrogens with two attached hydrogens (primary N) is 1. The summed E-state index contributed by atoms with van der Waals surface area (Å²) in [5, 5.41) is 8.88. The monoisotopic (exact) mass is 307 g/mol. The summed E-state index contributed by atoms with van der Waals surface area (Å²) in [7, 11) is -3.52. The van der Waals surface area contributed by atoms with E-state index < -0.39 is 10.0 Å². The lowest BCUT2D eigenvalue weighted by Gasteiger charge is -2.34. The fraction of sp³-hybridized carbons (Fsp3) is 0.533. The van der Waals surface area contributed by atoms with E-state index in [9.17, 15) is 8.42 Å². The van der Waals surface area contributed by atoms with E-state index in [1.165, 1.54) is 10.4 Å². The molecule has 0 bridgehead atoms. The van der Waals surface area contributed by atoms with Crippen molar-refractivity contribution in [3.63, 3.8) is 0 Å². The van der Waals surface area contributed by atoms with E-state index in [1.54, 1.807) is 19.1 Å². The Hall–Kier alpha value is -1.42. The number of aryl methyl sites for hydroxylation is 1. The van der Waals surface area contributed by atoms with Crippen LogP contribution in [0.3, 0.4) is 0 Å². The van der Waals surface area contributed by atoms with Gasteiger partial charge < -0.3 is 5.73 Å². The van der Waals surface area contributed by atoms with E-state index in [1.807, 2.05) is 13.0 Å². The predicted octanol–water partition coefficient (Wildman–Crippen LogP) is 1.61. The van der Waals surface area contributed by atoms with Crippen LogP contribution in [-0.2, 0) is 10.0 Å². The van der Waals surface area contributed by atoms with Crippen LogP contribution in [0.2, 0.25) is 0 Å². The molecule has 0 aliphatic carbocycles. The molecule has 2 N–H and O–H groups in total. The first kappa shape index (κ1) is 16.0. The summed E-state index contributed by atoms with van der Waals surface area (Å²) in [5.41, 5.74) is 7.00. The van der Waals surface area contributed by atoms with Crippen LogP contribution in [0.5, 0.6) is 0 Å². The second-order valence-electron chi connectivity index (χ2n) is 5.72. The summed E-state index contributed by atoms with van der Waals surface area (Å²) in [6.07, 6.45) is 1.80. The van der Waals surface area contributed by atoms with Crippen LogP contribution in [0, 0.1) is 24.2 Å². The van der Waals surface area contributed by atoms with Crippen LogP contribution >= 0.6 is 0 Å². The van der Waals surface area contributed by atoms with Gasteiger partial charge in [-0.1, -0.05) is 0 Å². The molecule has 0 radical (unpaired) electrons. The van der Waals surface area contributed by atoms with Crippen LogP contribution in [0.15, 0.2) is 23.1 Å². The zero-order chi connectivity index (χ0) is 15.6. The minimum Gasteiger partial charge on any atom is -0.328 e. The van der Waals surface area contributed by atoms with Gasteiger partial charge in [-0.25, -0.2) is 8.42 Å². The van der Waals surface area contributed by atoms with Crippen molar-refractivity contribution in [2.45, 2.75) is 37.6 Å². The molecule has 6 heteroatoms. The smallest absolute Gasteiger partial charge is 0.243 e. The van der Waals surface area contributed by atoms with Crippen molar-refractivity contribution in [2.24, 2.45) is 11.7 Å². The van der Waals surface area contributed by atoms with Crippen LogP contribution in [-0.4, -0.2) is 31.9 Å². The normalized spacial score (nSPS) is 21.7. The van der Waals surface area contributed by atoms with E-state index in [2.05, 4.69) is 0 Å². The van der Waals surface area contributed by atoms with Gasteiger partial charge in [-0.2, -0.15) is 9.57 Å². The number of hydrogen-bond acceptors (Lipinski definition) is 4. The molecule has 1 saturated heterocycles. The van der Waals surface area contributed by atoms with E-state index in [0.29, 0.717) is 24.2 Å². The Kier molecular flexibility index (Phi) is 4.67. The maximum Gasteiger partial charge on any atom is 0.243 e. The Morgan fingerprint density at radius 1 is 1.48 bits per heavy atom. The van der Waals surface area contributed by atoms with Gasteiger partial charge >= 0.3 is 0 Å². The van der Waals surface area contributed by atoms with Crippen LogP contribution < -0.4 is 5.73 Å². The summed E-state index contributed by atoms with van der Waals surface area (Å²) < 4.78 is 27.1. The van der Waals surface area contributed by atoms with Gasteiger partial charge in [0.25, 0.3) is 0 Å². The van der Waals surface area contributed by atoms with Crippen molar-refractivity contribution in [3.05, 3.63) is 29.3 Å². The zero-order valence-corrected chi connectivity index (χ0v) is 13.2. The quantitative estimate of drug-likeness (QED) is 0.919. The number of rotatable bonds is 3. The van der Waals surface area contributed by atoms with Gasteiger partial charge in [0.2, 0.25) is 10.0 Å². The number of sulfonamides is 1. The number of piperidine rings is 1. The van der Waals surface area contributed by atoms with Crippen molar-refractivity contribution < 1.29 is 8.42 Å². The van der Waals surface area contributed by atoms with Crippen LogP contribution in [0.1, 0.15) is 30.9 Å². The van der Waals surface area contributed by atoms with Gasteiger partial charge in [0, 0.05) is 19.1 Å². The Morgan fingerprint density at radius 2 is 2.19 bits per heavy atom. The fourth-order valence-corrected chi connectivity index (χ4v) is 4.51. The highest BCUT2D eigenvalue weighted by Crippen LogP contribution is 2.27. The standard InChI is InChI=1S/C15H21N3O2S/c1-11-8-13(9-16)5-6-15(11)21(19,20)18-7-3-4-14(10-18)12(2)17/h5-6,8,12,14H,3-4,7,10,17H2,1-2H3/t12-,14-/m1/s1. The Bertz CT molecular complexity index is 662. The number of nitriles is 1. The Balaban J connectivity index is 2.32. The van der Waals surface area contributed by atoms with Gasteiger partial charge in [0.1, 0.15) is 0 Å². The van der Waals surface area contributed by atoms with E-state index in [0.717, 1.165) is 12.8 Å². The molecule has 1 aromatic carbocycles. The lowest BCUT2D eigenvalue weighted by atomic mass is 9.93. The minimum absolute atomic E-state index is 0.00920. The molecular formula is C15H21N3O2S. The molecule has 1 aliphatic rings. The largest absolute Gasteiger partial charge is 0.328 e. The third kappa shape index (κ3) is 3.26. The molecule has 5 nitrogen and oxygen atoms in total. The predicted molar refractivity (Wildman–Crippen MR) is 81.0 cm³/mol. The fourth-order valence-electron chi connectivity index (χ4n) is 2.77. The summed E-state index contributed by atoms with van der Waals surface area (Å²) >= 11 is 0. The molecule has 0 spiro atoms. The molecule has 2 atom stereocenters.